The first kappa shape index (κ1) is 34.8. The third-order valence-corrected chi connectivity index (χ3v) is 5.45. The molecule has 0 radical (unpaired) electrons. The largest absolute Gasteiger partial charge is 0.465 e. The average Bonchev–Trinajstić information content (AvgIpc) is 2.86. The summed E-state index contributed by atoms with van der Waals surface area (Å²) in [6.45, 7) is 11.6. The number of rotatable bonds is 27. The Balaban J connectivity index is 3.96. The zero-order valence-electron chi connectivity index (χ0n) is 23.6. The van der Waals surface area contributed by atoms with Crippen LogP contribution in [0.4, 0.5) is 0 Å². The molecule has 0 aliphatic rings. The third-order valence-electron chi connectivity index (χ3n) is 5.45. The second-order valence-electron chi connectivity index (χ2n) is 8.98. The first-order chi connectivity index (χ1) is 17.6. The number of carbonyl (C=O) groups is 2. The average molecular weight is 519 g/mol. The van der Waals surface area contributed by atoms with Gasteiger partial charge in [-0.15, -0.1) is 0 Å². The molecule has 0 saturated carbocycles. The predicted molar refractivity (Wildman–Crippen MR) is 141 cm³/mol. The van der Waals surface area contributed by atoms with Gasteiger partial charge in [0.15, 0.2) is 12.6 Å². The van der Waals surface area contributed by atoms with Crippen molar-refractivity contribution in [3.05, 3.63) is 0 Å². The van der Waals surface area contributed by atoms with Gasteiger partial charge in [-0.2, -0.15) is 0 Å². The maximum atomic E-state index is 12.0. The van der Waals surface area contributed by atoms with E-state index in [-0.39, 0.29) is 50.6 Å². The van der Waals surface area contributed by atoms with E-state index in [1.807, 2.05) is 0 Å². The number of unbranched alkanes of at least 4 members (excludes halogenated alkanes) is 5. The summed E-state index contributed by atoms with van der Waals surface area (Å²) in [5, 5.41) is 0. The molecule has 0 fully saturated rings. The molecular weight excluding hydrogens is 464 g/mol. The minimum Gasteiger partial charge on any atom is -0.465 e. The van der Waals surface area contributed by atoms with Crippen LogP contribution in [0.5, 0.6) is 0 Å². The van der Waals surface area contributed by atoms with Crippen molar-refractivity contribution in [1.82, 2.24) is 0 Å². The van der Waals surface area contributed by atoms with Crippen LogP contribution in [0.1, 0.15) is 118 Å². The number of hydrogen-bond donors (Lipinski definition) is 0. The van der Waals surface area contributed by atoms with Crippen LogP contribution in [0.25, 0.3) is 0 Å². The summed E-state index contributed by atoms with van der Waals surface area (Å²) in [5.41, 5.74) is 0. The molecule has 0 aromatic rings. The smallest absolute Gasteiger partial charge is 0.305 e. The van der Waals surface area contributed by atoms with Gasteiger partial charge in [0.1, 0.15) is 0 Å². The van der Waals surface area contributed by atoms with Crippen LogP contribution in [0.15, 0.2) is 0 Å². The van der Waals surface area contributed by atoms with Crippen molar-refractivity contribution >= 4 is 11.9 Å². The lowest BCUT2D eigenvalue weighted by molar-refractivity contribution is -0.163. The van der Waals surface area contributed by atoms with E-state index < -0.39 is 0 Å². The number of hydrogen-bond acceptors (Lipinski definition) is 8. The lowest BCUT2D eigenvalue weighted by Gasteiger charge is -2.18. The lowest BCUT2D eigenvalue weighted by atomic mass is 10.2. The second kappa shape index (κ2) is 26.8. The van der Waals surface area contributed by atoms with Gasteiger partial charge in [-0.05, 0) is 38.5 Å². The Bertz CT molecular complexity index is 436. The quantitative estimate of drug-likeness (QED) is 0.0708. The van der Waals surface area contributed by atoms with E-state index in [0.29, 0.717) is 52.1 Å². The number of carbonyl (C=O) groups excluding carboxylic acids is 2. The lowest BCUT2D eigenvalue weighted by Crippen LogP contribution is -2.22. The fourth-order valence-corrected chi connectivity index (χ4v) is 3.09. The Morgan fingerprint density at radius 1 is 0.472 bits per heavy atom. The molecule has 0 N–H and O–H groups in total. The zero-order valence-corrected chi connectivity index (χ0v) is 23.6. The van der Waals surface area contributed by atoms with Gasteiger partial charge < -0.3 is 28.4 Å². The molecule has 214 valence electrons. The Morgan fingerprint density at radius 3 is 1.06 bits per heavy atom. The van der Waals surface area contributed by atoms with E-state index in [1.165, 1.54) is 0 Å². The van der Waals surface area contributed by atoms with E-state index in [0.717, 1.165) is 51.4 Å². The summed E-state index contributed by atoms with van der Waals surface area (Å²) in [6.07, 6.45) is 10.3. The maximum absolute atomic E-state index is 12.0. The Labute approximate surface area is 220 Å². The van der Waals surface area contributed by atoms with Gasteiger partial charge in [0, 0.05) is 52.1 Å². The van der Waals surface area contributed by atoms with E-state index in [2.05, 4.69) is 27.7 Å². The molecule has 0 aliphatic carbocycles. The molecule has 0 spiro atoms. The number of ether oxygens (including phenoxy) is 6. The van der Waals surface area contributed by atoms with Crippen LogP contribution < -0.4 is 0 Å². The molecule has 8 nitrogen and oxygen atoms in total. The highest BCUT2D eigenvalue weighted by Gasteiger charge is 2.13. The van der Waals surface area contributed by atoms with Crippen molar-refractivity contribution in [3.63, 3.8) is 0 Å². The molecule has 0 aromatic carbocycles. The molecule has 0 rings (SSSR count). The van der Waals surface area contributed by atoms with Gasteiger partial charge >= 0.3 is 11.9 Å². The molecular formula is C28H54O8. The Kier molecular flexibility index (Phi) is 25.9. The van der Waals surface area contributed by atoms with E-state index in [4.69, 9.17) is 28.4 Å². The normalized spacial score (nSPS) is 11.4. The van der Waals surface area contributed by atoms with Gasteiger partial charge in [0.05, 0.1) is 13.2 Å². The third kappa shape index (κ3) is 23.2. The first-order valence-electron chi connectivity index (χ1n) is 14.3. The highest BCUT2D eigenvalue weighted by Crippen LogP contribution is 2.09. The van der Waals surface area contributed by atoms with Crippen molar-refractivity contribution < 1.29 is 38.0 Å². The fraction of sp³-hybridized carbons (Fsp3) is 0.929. The molecule has 0 bridgehead atoms. The Morgan fingerprint density at radius 2 is 0.778 bits per heavy atom. The molecule has 0 amide bonds. The summed E-state index contributed by atoms with van der Waals surface area (Å²) in [4.78, 5) is 24.0. The van der Waals surface area contributed by atoms with Crippen molar-refractivity contribution in [2.45, 2.75) is 130 Å². The molecule has 0 atom stereocenters. The van der Waals surface area contributed by atoms with Crippen LogP contribution in [-0.4, -0.2) is 64.2 Å². The Hall–Kier alpha value is -1.22. The van der Waals surface area contributed by atoms with Crippen molar-refractivity contribution in [2.75, 3.05) is 39.6 Å². The van der Waals surface area contributed by atoms with Crippen LogP contribution in [-0.2, 0) is 38.0 Å². The van der Waals surface area contributed by atoms with Gasteiger partial charge in [0.25, 0.3) is 0 Å². The second-order valence-corrected chi connectivity index (χ2v) is 8.98. The van der Waals surface area contributed by atoms with E-state index in [1.54, 1.807) is 0 Å². The molecule has 0 unspecified atom stereocenters. The van der Waals surface area contributed by atoms with E-state index >= 15 is 0 Å². The molecule has 0 aliphatic heterocycles. The topological polar surface area (TPSA) is 89.5 Å². The van der Waals surface area contributed by atoms with Crippen LogP contribution in [0, 0.1) is 0 Å². The summed E-state index contributed by atoms with van der Waals surface area (Å²) in [6, 6.07) is 0. The maximum Gasteiger partial charge on any atom is 0.305 e. The minimum absolute atomic E-state index is 0.263. The van der Waals surface area contributed by atoms with Crippen LogP contribution in [0.2, 0.25) is 0 Å². The highest BCUT2D eigenvalue weighted by atomic mass is 16.7. The van der Waals surface area contributed by atoms with Crippen LogP contribution in [0.3, 0.4) is 0 Å². The fourth-order valence-electron chi connectivity index (χ4n) is 3.09. The van der Waals surface area contributed by atoms with Crippen molar-refractivity contribution in [2.24, 2.45) is 0 Å². The summed E-state index contributed by atoms with van der Waals surface area (Å²) in [7, 11) is 0. The highest BCUT2D eigenvalue weighted by molar-refractivity contribution is 5.70. The molecule has 0 heterocycles. The van der Waals surface area contributed by atoms with Crippen molar-refractivity contribution in [1.29, 1.82) is 0 Å². The van der Waals surface area contributed by atoms with E-state index in [9.17, 15) is 9.59 Å². The molecule has 0 saturated heterocycles. The molecule has 0 aromatic heterocycles. The first-order valence-corrected chi connectivity index (χ1v) is 14.3. The van der Waals surface area contributed by atoms with Gasteiger partial charge in [-0.1, -0.05) is 53.4 Å². The summed E-state index contributed by atoms with van der Waals surface area (Å²) >= 11 is 0. The van der Waals surface area contributed by atoms with Crippen molar-refractivity contribution in [3.8, 4) is 0 Å². The molecule has 36 heavy (non-hydrogen) atoms. The summed E-state index contributed by atoms with van der Waals surface area (Å²) < 4.78 is 33.6. The van der Waals surface area contributed by atoms with Crippen LogP contribution >= 0.6 is 0 Å². The minimum atomic E-state index is -0.334. The molecule has 8 heteroatoms. The number of esters is 2. The van der Waals surface area contributed by atoms with Gasteiger partial charge in [-0.25, -0.2) is 0 Å². The zero-order chi connectivity index (χ0) is 26.7. The van der Waals surface area contributed by atoms with Gasteiger partial charge in [0.2, 0.25) is 0 Å². The van der Waals surface area contributed by atoms with Gasteiger partial charge in [-0.3, -0.25) is 9.59 Å². The SMILES string of the molecule is CCCCOC(CCOC(=O)CCCCC(=O)OCCC(OCCCC)OCCCC)OCCCC. The predicted octanol–water partition coefficient (Wildman–Crippen LogP) is 6.33. The summed E-state index contributed by atoms with van der Waals surface area (Å²) in [5.74, 6) is -0.527. The monoisotopic (exact) mass is 518 g/mol. The standard InChI is InChI=1S/C28H54O8/c1-5-9-19-33-27(34-20-10-6-2)17-23-31-25(29)15-13-14-16-26(30)32-24-18-28(35-21-11-7-3)36-22-12-8-4/h27-28H,5-24H2,1-4H3.